The molecule has 0 radical (unpaired) electrons. The van der Waals surface area contributed by atoms with Crippen LogP contribution in [0, 0.1) is 0 Å². The number of carbonyl (C=O) groups is 2. The summed E-state index contributed by atoms with van der Waals surface area (Å²) < 4.78 is 19.8. The van der Waals surface area contributed by atoms with Crippen molar-refractivity contribution in [3.8, 4) is 0 Å². The number of carbonyl (C=O) groups excluding carboxylic acids is 2. The number of likely N-dealkylation sites (N-methyl/N-ethyl adjacent to an activating group) is 1. The highest BCUT2D eigenvalue weighted by atomic mass is 19.1. The monoisotopic (exact) mass is 284 g/mol. The van der Waals surface area contributed by atoms with Crippen molar-refractivity contribution in [3.63, 3.8) is 0 Å². The molecule has 0 bridgehead atoms. The maximum absolute atomic E-state index is 13.9. The third-order valence-electron chi connectivity index (χ3n) is 4.60. The van der Waals surface area contributed by atoms with E-state index in [0.29, 0.717) is 32.2 Å². The second kappa shape index (κ2) is 4.69. The molecular formula is C14H21FN2O3. The molecule has 2 heterocycles. The first-order valence-corrected chi connectivity index (χ1v) is 7.29. The van der Waals surface area contributed by atoms with Crippen LogP contribution < -0.4 is 0 Å². The Bertz CT molecular complexity index is 436. The average Bonchev–Trinajstić information content (AvgIpc) is 3.04. The number of fused-ring (bicyclic) bond motifs is 1. The predicted molar refractivity (Wildman–Crippen MR) is 69.8 cm³/mol. The van der Waals surface area contributed by atoms with Crippen molar-refractivity contribution in [1.29, 1.82) is 0 Å². The van der Waals surface area contributed by atoms with E-state index in [1.165, 1.54) is 4.90 Å². The van der Waals surface area contributed by atoms with Crippen LogP contribution >= 0.6 is 0 Å². The van der Waals surface area contributed by atoms with Crippen LogP contribution in [0.4, 0.5) is 4.39 Å². The minimum atomic E-state index is -1.61. The molecule has 1 aliphatic carbocycles. The van der Waals surface area contributed by atoms with Gasteiger partial charge in [0.2, 0.25) is 0 Å². The fraction of sp³-hybridized carbons (Fsp3) is 0.857. The minimum Gasteiger partial charge on any atom is -0.363 e. The van der Waals surface area contributed by atoms with E-state index in [-0.39, 0.29) is 24.0 Å². The van der Waals surface area contributed by atoms with Crippen LogP contribution in [0.2, 0.25) is 0 Å². The van der Waals surface area contributed by atoms with E-state index in [9.17, 15) is 14.0 Å². The zero-order chi connectivity index (χ0) is 14.5. The number of hydrogen-bond acceptors (Lipinski definition) is 3. The Balaban J connectivity index is 1.64. The summed E-state index contributed by atoms with van der Waals surface area (Å²) in [6.45, 7) is 0.544. The molecule has 1 saturated carbocycles. The first-order valence-electron chi connectivity index (χ1n) is 7.29. The molecule has 0 aromatic rings. The van der Waals surface area contributed by atoms with Gasteiger partial charge in [0.25, 0.3) is 11.8 Å². The Labute approximate surface area is 118 Å². The molecule has 3 rings (SSSR count). The Morgan fingerprint density at radius 1 is 1.25 bits per heavy atom. The van der Waals surface area contributed by atoms with E-state index in [0.717, 1.165) is 6.42 Å². The highest BCUT2D eigenvalue weighted by molar-refractivity contribution is 5.88. The van der Waals surface area contributed by atoms with Gasteiger partial charge in [0.1, 0.15) is 6.10 Å². The molecule has 0 unspecified atom stereocenters. The van der Waals surface area contributed by atoms with E-state index < -0.39 is 11.8 Å². The fourth-order valence-electron chi connectivity index (χ4n) is 3.23. The number of alkyl halides is 1. The molecule has 0 aromatic heterocycles. The molecule has 0 N–H and O–H groups in total. The van der Waals surface area contributed by atoms with Crippen LogP contribution in [0.5, 0.6) is 0 Å². The first kappa shape index (κ1) is 13.8. The molecule has 3 fully saturated rings. The van der Waals surface area contributed by atoms with E-state index in [1.54, 1.807) is 19.0 Å². The molecule has 0 aromatic carbocycles. The first-order chi connectivity index (χ1) is 9.42. The van der Waals surface area contributed by atoms with Crippen molar-refractivity contribution < 1.29 is 18.7 Å². The number of rotatable bonds is 2. The normalized spacial score (nSPS) is 34.5. The van der Waals surface area contributed by atoms with Gasteiger partial charge in [-0.1, -0.05) is 0 Å². The van der Waals surface area contributed by atoms with E-state index >= 15 is 0 Å². The van der Waals surface area contributed by atoms with Crippen molar-refractivity contribution in [2.75, 3.05) is 20.6 Å². The summed E-state index contributed by atoms with van der Waals surface area (Å²) in [6.07, 6.45) is 2.18. The standard InChI is InChI=1S/C14H21FN2O3/c1-16(2)12(18)11-4-3-9-10(20-11)5-8-17(9)13(19)14(15)6-7-14/h9-11H,3-8H2,1-2H3/t9-,10-,11+/m1/s1. The number of nitrogens with zero attached hydrogens (tertiary/aromatic N) is 2. The van der Waals surface area contributed by atoms with E-state index in [2.05, 4.69) is 0 Å². The zero-order valence-corrected chi connectivity index (χ0v) is 12.0. The maximum Gasteiger partial charge on any atom is 0.260 e. The van der Waals surface area contributed by atoms with Crippen molar-refractivity contribution in [1.82, 2.24) is 9.80 Å². The third kappa shape index (κ3) is 2.20. The topological polar surface area (TPSA) is 49.9 Å². The van der Waals surface area contributed by atoms with E-state index in [4.69, 9.17) is 4.74 Å². The van der Waals surface area contributed by atoms with Gasteiger partial charge < -0.3 is 14.5 Å². The molecule has 2 saturated heterocycles. The molecule has 2 amide bonds. The number of amides is 2. The Kier molecular flexibility index (Phi) is 3.23. The highest BCUT2D eigenvalue weighted by Gasteiger charge is 2.56. The molecule has 0 spiro atoms. The van der Waals surface area contributed by atoms with Gasteiger partial charge in [-0.15, -0.1) is 0 Å². The largest absolute Gasteiger partial charge is 0.363 e. The molecule has 3 aliphatic rings. The van der Waals surface area contributed by atoms with Crippen LogP contribution in [0.1, 0.15) is 32.1 Å². The lowest BCUT2D eigenvalue weighted by Gasteiger charge is -2.36. The molecule has 6 heteroatoms. The van der Waals surface area contributed by atoms with Crippen molar-refractivity contribution >= 4 is 11.8 Å². The van der Waals surface area contributed by atoms with Crippen molar-refractivity contribution in [2.24, 2.45) is 0 Å². The lowest BCUT2D eigenvalue weighted by molar-refractivity contribution is -0.155. The summed E-state index contributed by atoms with van der Waals surface area (Å²) >= 11 is 0. The van der Waals surface area contributed by atoms with Gasteiger partial charge >= 0.3 is 0 Å². The fourth-order valence-corrected chi connectivity index (χ4v) is 3.23. The van der Waals surface area contributed by atoms with Crippen LogP contribution in [0.25, 0.3) is 0 Å². The Morgan fingerprint density at radius 3 is 2.55 bits per heavy atom. The molecular weight excluding hydrogens is 263 g/mol. The van der Waals surface area contributed by atoms with Gasteiger partial charge in [-0.3, -0.25) is 9.59 Å². The number of likely N-dealkylation sites (tertiary alicyclic amines) is 1. The number of hydrogen-bond donors (Lipinski definition) is 0. The Hall–Kier alpha value is -1.17. The third-order valence-corrected chi connectivity index (χ3v) is 4.60. The zero-order valence-electron chi connectivity index (χ0n) is 12.0. The van der Waals surface area contributed by atoms with Gasteiger partial charge in [0.15, 0.2) is 5.67 Å². The van der Waals surface area contributed by atoms with Gasteiger partial charge in [-0.25, -0.2) is 4.39 Å². The van der Waals surface area contributed by atoms with E-state index in [1.807, 2.05) is 0 Å². The molecule has 3 atom stereocenters. The summed E-state index contributed by atoms with van der Waals surface area (Å²) in [7, 11) is 3.42. The quantitative estimate of drug-likeness (QED) is 0.751. The molecule has 112 valence electrons. The summed E-state index contributed by atoms with van der Waals surface area (Å²) in [4.78, 5) is 27.2. The predicted octanol–water partition coefficient (Wildman–Crippen LogP) is 0.725. The van der Waals surface area contributed by atoms with Crippen molar-refractivity contribution in [3.05, 3.63) is 0 Å². The lowest BCUT2D eigenvalue weighted by atomic mass is 9.98. The Morgan fingerprint density at radius 2 is 1.95 bits per heavy atom. The maximum atomic E-state index is 13.9. The molecule has 20 heavy (non-hydrogen) atoms. The second-order valence-electron chi connectivity index (χ2n) is 6.29. The van der Waals surface area contributed by atoms with Crippen LogP contribution in [-0.2, 0) is 14.3 Å². The number of ether oxygens (including phenoxy) is 1. The van der Waals surface area contributed by atoms with Crippen molar-refractivity contribution in [2.45, 2.75) is 56.0 Å². The van der Waals surface area contributed by atoms with Gasteiger partial charge in [0.05, 0.1) is 12.1 Å². The van der Waals surface area contributed by atoms with Crippen LogP contribution in [0.15, 0.2) is 0 Å². The summed E-state index contributed by atoms with van der Waals surface area (Å²) in [5, 5.41) is 0. The second-order valence-corrected chi connectivity index (χ2v) is 6.29. The average molecular weight is 284 g/mol. The highest BCUT2D eigenvalue weighted by Crippen LogP contribution is 2.44. The van der Waals surface area contributed by atoms with Crippen LogP contribution in [-0.4, -0.2) is 66.2 Å². The molecule has 2 aliphatic heterocycles. The molecule has 5 nitrogen and oxygen atoms in total. The number of halogens is 1. The lowest BCUT2D eigenvalue weighted by Crippen LogP contribution is -2.50. The SMILES string of the molecule is CN(C)C(=O)[C@@H]1CC[C@@H]2[C@@H](CCN2C(=O)C2(F)CC2)O1. The minimum absolute atomic E-state index is 0.0302. The van der Waals surface area contributed by atoms with Crippen LogP contribution in [0.3, 0.4) is 0 Å². The summed E-state index contributed by atoms with van der Waals surface area (Å²) in [5.74, 6) is -0.400. The van der Waals surface area contributed by atoms with Gasteiger partial charge in [-0.2, -0.15) is 0 Å². The van der Waals surface area contributed by atoms with Gasteiger partial charge in [-0.05, 0) is 32.1 Å². The smallest absolute Gasteiger partial charge is 0.260 e. The van der Waals surface area contributed by atoms with Gasteiger partial charge in [0, 0.05) is 20.6 Å². The summed E-state index contributed by atoms with van der Waals surface area (Å²) in [6, 6.07) is -0.0538. The summed E-state index contributed by atoms with van der Waals surface area (Å²) in [5.41, 5.74) is -1.61.